The Kier molecular flexibility index (Phi) is 20.5. The number of carbonyl (C=O) groups excluding carboxylic acids is 1. The molecule has 1 aliphatic heterocycles. The fourth-order valence-electron chi connectivity index (χ4n) is 6.06. The number of anilines is 1. The van der Waals surface area contributed by atoms with E-state index in [1.165, 1.54) is 126 Å². The van der Waals surface area contributed by atoms with Crippen LogP contribution < -0.4 is 10.9 Å². The molecule has 248 valence electrons. The topological polar surface area (TPSA) is 64.0 Å². The number of ketones is 1. The van der Waals surface area contributed by atoms with Crippen LogP contribution in [0.2, 0.25) is 0 Å². The Balaban J connectivity index is 0.000000282. The van der Waals surface area contributed by atoms with Crippen molar-refractivity contribution < 1.29 is 4.79 Å². The molecular formula is C39H65N3O2. The molecule has 3 heterocycles. The van der Waals surface area contributed by atoms with Gasteiger partial charge in [-0.1, -0.05) is 123 Å². The first-order valence-corrected chi connectivity index (χ1v) is 18.4. The lowest BCUT2D eigenvalue weighted by atomic mass is 10.1. The first kappa shape index (κ1) is 37.8. The molecule has 2 aromatic heterocycles. The lowest BCUT2D eigenvalue weighted by Crippen LogP contribution is -2.17. The van der Waals surface area contributed by atoms with Crippen LogP contribution in [0.15, 0.2) is 35.3 Å². The van der Waals surface area contributed by atoms with Crippen LogP contribution in [-0.4, -0.2) is 21.9 Å². The third kappa shape index (κ3) is 16.0. The van der Waals surface area contributed by atoms with Crippen molar-refractivity contribution in [1.29, 1.82) is 0 Å². The van der Waals surface area contributed by atoms with Crippen LogP contribution in [0.5, 0.6) is 0 Å². The molecule has 0 radical (unpaired) electrons. The Morgan fingerprint density at radius 2 is 1.43 bits per heavy atom. The van der Waals surface area contributed by atoms with Crippen molar-refractivity contribution in [2.45, 2.75) is 175 Å². The van der Waals surface area contributed by atoms with Crippen molar-refractivity contribution in [1.82, 2.24) is 9.55 Å². The molecule has 44 heavy (non-hydrogen) atoms. The third-order valence-corrected chi connectivity index (χ3v) is 8.62. The normalized spacial score (nSPS) is 14.0. The van der Waals surface area contributed by atoms with Crippen LogP contribution in [0.3, 0.4) is 0 Å². The average Bonchev–Trinajstić information content (AvgIpc) is 3.73. The molecule has 2 aliphatic rings. The molecule has 0 bridgehead atoms. The Hall–Kier alpha value is -2.43. The number of nitrogens with zero attached hydrogens (tertiary/aromatic N) is 2. The molecule has 1 aliphatic carbocycles. The number of nitrogens with one attached hydrogen (secondary N) is 1. The molecule has 1 unspecified atom stereocenters. The van der Waals surface area contributed by atoms with E-state index in [2.05, 4.69) is 32.2 Å². The summed E-state index contributed by atoms with van der Waals surface area (Å²) in [5.41, 5.74) is 4.46. The lowest BCUT2D eigenvalue weighted by Gasteiger charge is -2.10. The van der Waals surface area contributed by atoms with Gasteiger partial charge in [-0.25, -0.2) is 4.98 Å². The summed E-state index contributed by atoms with van der Waals surface area (Å²) < 4.78 is 1.81. The first-order valence-electron chi connectivity index (χ1n) is 18.4. The van der Waals surface area contributed by atoms with E-state index in [0.717, 1.165) is 44.7 Å². The summed E-state index contributed by atoms with van der Waals surface area (Å²) in [5, 5.41) is 3.43. The highest BCUT2D eigenvalue weighted by atomic mass is 16.1. The highest BCUT2D eigenvalue weighted by Crippen LogP contribution is 2.52. The molecule has 5 heteroatoms. The van der Waals surface area contributed by atoms with Gasteiger partial charge in [-0.3, -0.25) is 4.79 Å². The molecule has 0 saturated heterocycles. The minimum atomic E-state index is 0.125. The van der Waals surface area contributed by atoms with E-state index in [1.54, 1.807) is 24.6 Å². The number of unbranched alkanes of at least 4 members (excludes halogenated alkanes) is 15. The van der Waals surface area contributed by atoms with Crippen LogP contribution >= 0.6 is 0 Å². The van der Waals surface area contributed by atoms with E-state index < -0.39 is 0 Å². The van der Waals surface area contributed by atoms with E-state index in [1.807, 2.05) is 16.8 Å². The highest BCUT2D eigenvalue weighted by Gasteiger charge is 2.39. The smallest absolute Gasteiger partial charge is 0.250 e. The van der Waals surface area contributed by atoms with Crippen LogP contribution in [0.4, 0.5) is 5.82 Å². The second kappa shape index (κ2) is 23.9. The van der Waals surface area contributed by atoms with E-state index in [9.17, 15) is 9.59 Å². The Labute approximate surface area is 270 Å². The number of aromatic nitrogens is 2. The largest absolute Gasteiger partial charge is 0.370 e. The second-order valence-electron chi connectivity index (χ2n) is 13.0. The number of fused-ring (bicyclic) bond motifs is 1. The predicted octanol–water partition coefficient (Wildman–Crippen LogP) is 10.8. The molecule has 4 rings (SSSR count). The van der Waals surface area contributed by atoms with Gasteiger partial charge in [-0.15, -0.1) is 0 Å². The average molecular weight is 608 g/mol. The van der Waals surface area contributed by atoms with Crippen LogP contribution in [0.25, 0.3) is 0 Å². The minimum absolute atomic E-state index is 0.125. The Morgan fingerprint density at radius 1 is 0.841 bits per heavy atom. The zero-order valence-electron chi connectivity index (χ0n) is 28.9. The van der Waals surface area contributed by atoms with Gasteiger partial charge in [0, 0.05) is 48.9 Å². The summed E-state index contributed by atoms with van der Waals surface area (Å²) >= 11 is 0. The zero-order chi connectivity index (χ0) is 31.8. The molecule has 2 aromatic rings. The summed E-state index contributed by atoms with van der Waals surface area (Å²) in [5.74, 6) is 2.23. The quantitative estimate of drug-likeness (QED) is 0.143. The number of pyridine rings is 2. The van der Waals surface area contributed by atoms with E-state index in [0.29, 0.717) is 5.78 Å². The van der Waals surface area contributed by atoms with E-state index in [-0.39, 0.29) is 5.56 Å². The molecule has 1 N–H and O–H groups in total. The number of aryl methyl sites for hydroxylation is 2. The van der Waals surface area contributed by atoms with Crippen LogP contribution in [0, 0.1) is 0 Å². The van der Waals surface area contributed by atoms with Crippen molar-refractivity contribution in [2.24, 2.45) is 0 Å². The maximum absolute atomic E-state index is 11.5. The van der Waals surface area contributed by atoms with Gasteiger partial charge in [0.05, 0.1) is 0 Å². The van der Waals surface area contributed by atoms with Gasteiger partial charge in [0.15, 0.2) is 0 Å². The van der Waals surface area contributed by atoms with Gasteiger partial charge in [0.1, 0.15) is 11.6 Å². The SMILES string of the molecule is CC(=O)CCCCCCCCc1cc2c3c(n1)NCCC23.CCC.CCCCCCCCCCCCCn1ccccc1=O. The van der Waals surface area contributed by atoms with Gasteiger partial charge in [0.2, 0.25) is 5.56 Å². The Morgan fingerprint density at radius 3 is 2.05 bits per heavy atom. The van der Waals surface area contributed by atoms with Gasteiger partial charge >= 0.3 is 0 Å². The molecular weight excluding hydrogens is 542 g/mol. The summed E-state index contributed by atoms with van der Waals surface area (Å²) in [4.78, 5) is 27.1. The summed E-state index contributed by atoms with van der Waals surface area (Å²) in [6.45, 7) is 10.2. The van der Waals surface area contributed by atoms with Crippen molar-refractivity contribution >= 4 is 11.6 Å². The minimum Gasteiger partial charge on any atom is -0.370 e. The monoisotopic (exact) mass is 608 g/mol. The molecule has 0 saturated carbocycles. The number of Topliss-reactive ketones (excluding diaryl/α,β-unsaturated/α-hetero) is 1. The van der Waals surface area contributed by atoms with Gasteiger partial charge < -0.3 is 14.7 Å². The van der Waals surface area contributed by atoms with Crippen LogP contribution in [0.1, 0.15) is 179 Å². The van der Waals surface area contributed by atoms with Gasteiger partial charge in [0.25, 0.3) is 0 Å². The second-order valence-corrected chi connectivity index (χ2v) is 13.0. The summed E-state index contributed by atoms with van der Waals surface area (Å²) in [7, 11) is 0. The molecule has 0 amide bonds. The molecule has 5 nitrogen and oxygen atoms in total. The molecule has 0 fully saturated rings. The van der Waals surface area contributed by atoms with Gasteiger partial charge in [-0.2, -0.15) is 0 Å². The lowest BCUT2D eigenvalue weighted by molar-refractivity contribution is -0.117. The third-order valence-electron chi connectivity index (χ3n) is 8.62. The van der Waals surface area contributed by atoms with Crippen LogP contribution in [-0.2, 0) is 17.8 Å². The number of rotatable bonds is 21. The van der Waals surface area contributed by atoms with Crippen molar-refractivity contribution in [2.75, 3.05) is 11.9 Å². The van der Waals surface area contributed by atoms with Gasteiger partial charge in [-0.05, 0) is 56.7 Å². The zero-order valence-corrected chi connectivity index (χ0v) is 28.9. The summed E-state index contributed by atoms with van der Waals surface area (Å²) in [6.07, 6.45) is 28.4. The van der Waals surface area contributed by atoms with Crippen molar-refractivity contribution in [3.8, 4) is 0 Å². The standard InChI is InChI=1S/C18H26N2O.C18H31NO.C3H8/c1-13(21)8-6-4-2-3-5-7-9-14-12-16-15-10-11-19-18(20-14)17(15)16;1-2-3-4-5-6-7-8-9-10-11-13-16-19-17-14-12-15-18(19)20;1-3-2/h12,15H,2-11H2,1H3,(H,19,20);12,14-15,17H,2-11,13,16H2,1H3;3H2,1-2H3. The molecule has 1 atom stereocenters. The number of carbonyl (C=O) groups is 1. The van der Waals surface area contributed by atoms with Crippen molar-refractivity contribution in [3.05, 3.63) is 57.6 Å². The predicted molar refractivity (Wildman–Crippen MR) is 189 cm³/mol. The fraction of sp³-hybridized carbons (Fsp3) is 0.718. The van der Waals surface area contributed by atoms with E-state index in [4.69, 9.17) is 4.98 Å². The number of hydrogen-bond donors (Lipinski definition) is 1. The maximum Gasteiger partial charge on any atom is 0.250 e. The molecule has 0 spiro atoms. The number of hydrogen-bond acceptors (Lipinski definition) is 4. The van der Waals surface area contributed by atoms with E-state index >= 15 is 0 Å². The van der Waals surface area contributed by atoms with Crippen molar-refractivity contribution in [3.63, 3.8) is 0 Å². The summed E-state index contributed by atoms with van der Waals surface area (Å²) in [6, 6.07) is 7.71. The molecule has 0 aromatic carbocycles. The maximum atomic E-state index is 11.5. The fourth-order valence-corrected chi connectivity index (χ4v) is 6.06. The Bertz CT molecular complexity index is 1090. The highest BCUT2D eigenvalue weighted by molar-refractivity contribution is 5.75. The first-order chi connectivity index (χ1) is 21.5.